The average molecular weight is 748 g/mol. The van der Waals surface area contributed by atoms with Gasteiger partial charge in [0.2, 0.25) is 0 Å². The first kappa shape index (κ1) is 32.1. The lowest BCUT2D eigenvalue weighted by Gasteiger charge is -2.27. The van der Waals surface area contributed by atoms with Gasteiger partial charge in [0.15, 0.2) is 0 Å². The van der Waals surface area contributed by atoms with Crippen molar-refractivity contribution in [2.45, 2.75) is 52.4 Å². The molecule has 0 spiro atoms. The largest absolute Gasteiger partial charge is 0.455 e. The molecule has 3 nitrogen and oxygen atoms in total. The van der Waals surface area contributed by atoms with Crippen molar-refractivity contribution in [2.24, 2.45) is 0 Å². The van der Waals surface area contributed by atoms with Crippen LogP contribution < -0.4 is 4.90 Å². The number of hydrogen-bond donors (Lipinski definition) is 0. The SMILES string of the molecule is CC(C)(C)c1ccc(N(c2cccc(-n3c4ccccc4c4c5oc6ccccc6c5cc(Br)c43)c2)c2csc3ccc(C(C)(C)C)cc23)cc1. The number of benzene rings is 6. The molecule has 0 aliphatic heterocycles. The fourth-order valence-electron chi connectivity index (χ4n) is 7.52. The lowest BCUT2D eigenvalue weighted by Crippen LogP contribution is -2.13. The summed E-state index contributed by atoms with van der Waals surface area (Å²) < 4.78 is 11.3. The van der Waals surface area contributed by atoms with Gasteiger partial charge in [-0.3, -0.25) is 0 Å². The third kappa shape index (κ3) is 5.20. The third-order valence-corrected chi connectivity index (χ3v) is 11.8. The molecular formula is C46H39BrN2OS. The molecule has 0 fully saturated rings. The van der Waals surface area contributed by atoms with Crippen molar-refractivity contribution in [1.82, 2.24) is 4.57 Å². The molecule has 0 unspecified atom stereocenters. The van der Waals surface area contributed by atoms with E-state index in [9.17, 15) is 0 Å². The molecule has 3 aromatic heterocycles. The van der Waals surface area contributed by atoms with Gasteiger partial charge in [-0.1, -0.05) is 102 Å². The number of thiophene rings is 1. The van der Waals surface area contributed by atoms with E-state index < -0.39 is 0 Å². The van der Waals surface area contributed by atoms with Crippen LogP contribution in [0.4, 0.5) is 17.1 Å². The molecule has 0 amide bonds. The van der Waals surface area contributed by atoms with E-state index in [-0.39, 0.29) is 10.8 Å². The molecule has 0 N–H and O–H groups in total. The number of nitrogens with zero attached hydrogens (tertiary/aromatic N) is 2. The first-order chi connectivity index (χ1) is 24.5. The van der Waals surface area contributed by atoms with Gasteiger partial charge in [0.05, 0.1) is 22.1 Å². The smallest absolute Gasteiger partial charge is 0.145 e. The van der Waals surface area contributed by atoms with Crippen LogP contribution in [-0.4, -0.2) is 4.57 Å². The van der Waals surface area contributed by atoms with Gasteiger partial charge in [-0.15, -0.1) is 11.3 Å². The quantitative estimate of drug-likeness (QED) is 0.179. The topological polar surface area (TPSA) is 21.3 Å². The van der Waals surface area contributed by atoms with Gasteiger partial charge in [0.25, 0.3) is 0 Å². The van der Waals surface area contributed by atoms with E-state index in [0.29, 0.717) is 0 Å². The number of fused-ring (bicyclic) bond motifs is 8. The molecule has 0 atom stereocenters. The van der Waals surface area contributed by atoms with Crippen LogP contribution in [0.3, 0.4) is 0 Å². The second kappa shape index (κ2) is 11.6. The monoisotopic (exact) mass is 746 g/mol. The normalized spacial score (nSPS) is 12.6. The van der Waals surface area contributed by atoms with Crippen molar-refractivity contribution in [3.8, 4) is 5.69 Å². The Kier molecular flexibility index (Phi) is 7.29. The Bertz CT molecular complexity index is 2790. The minimum absolute atomic E-state index is 0.0433. The summed E-state index contributed by atoms with van der Waals surface area (Å²) in [5, 5.41) is 8.10. The number of para-hydroxylation sites is 2. The molecule has 9 rings (SSSR count). The second-order valence-electron chi connectivity index (χ2n) is 15.6. The van der Waals surface area contributed by atoms with Crippen molar-refractivity contribution < 1.29 is 4.42 Å². The predicted octanol–water partition coefficient (Wildman–Crippen LogP) is 14.7. The summed E-state index contributed by atoms with van der Waals surface area (Å²) in [6.45, 7) is 13.7. The summed E-state index contributed by atoms with van der Waals surface area (Å²) in [6, 6.07) is 44.2. The van der Waals surface area contributed by atoms with Crippen molar-refractivity contribution in [1.29, 1.82) is 0 Å². The van der Waals surface area contributed by atoms with Crippen molar-refractivity contribution in [3.05, 3.63) is 142 Å². The number of aromatic nitrogens is 1. The molecule has 5 heteroatoms. The van der Waals surface area contributed by atoms with Gasteiger partial charge >= 0.3 is 0 Å². The zero-order chi connectivity index (χ0) is 35.2. The van der Waals surface area contributed by atoms with E-state index in [0.717, 1.165) is 65.3 Å². The molecule has 0 saturated heterocycles. The molecule has 3 heterocycles. The van der Waals surface area contributed by atoms with Crippen LogP contribution in [0.2, 0.25) is 0 Å². The fraction of sp³-hybridized carbons (Fsp3) is 0.174. The number of rotatable bonds is 4. The van der Waals surface area contributed by atoms with E-state index in [2.05, 4.69) is 188 Å². The van der Waals surface area contributed by atoms with E-state index in [1.807, 2.05) is 6.07 Å². The Morgan fingerprint density at radius 2 is 1.33 bits per heavy atom. The highest BCUT2D eigenvalue weighted by Gasteiger charge is 2.24. The second-order valence-corrected chi connectivity index (χ2v) is 17.4. The maximum absolute atomic E-state index is 6.61. The molecule has 0 aliphatic rings. The molecule has 51 heavy (non-hydrogen) atoms. The van der Waals surface area contributed by atoms with Gasteiger partial charge in [0.1, 0.15) is 11.2 Å². The average Bonchev–Trinajstić information content (AvgIpc) is 3.80. The Hall–Kier alpha value is -4.84. The maximum atomic E-state index is 6.61. The highest BCUT2D eigenvalue weighted by atomic mass is 79.9. The van der Waals surface area contributed by atoms with E-state index in [4.69, 9.17) is 4.42 Å². The van der Waals surface area contributed by atoms with Crippen molar-refractivity contribution >= 4 is 98.2 Å². The lowest BCUT2D eigenvalue weighted by atomic mass is 9.86. The molecule has 0 radical (unpaired) electrons. The molecule has 0 bridgehead atoms. The van der Waals surface area contributed by atoms with Crippen LogP contribution in [0.1, 0.15) is 52.7 Å². The molecule has 9 aromatic rings. The summed E-state index contributed by atoms with van der Waals surface area (Å²) in [5.41, 5.74) is 11.3. The number of anilines is 3. The zero-order valence-corrected chi connectivity index (χ0v) is 32.1. The van der Waals surface area contributed by atoms with Crippen LogP contribution in [-0.2, 0) is 10.8 Å². The summed E-state index contributed by atoms with van der Waals surface area (Å²) in [7, 11) is 0. The molecule has 6 aromatic carbocycles. The summed E-state index contributed by atoms with van der Waals surface area (Å²) >= 11 is 5.84. The fourth-order valence-corrected chi connectivity index (χ4v) is 9.03. The van der Waals surface area contributed by atoms with Crippen molar-refractivity contribution in [2.75, 3.05) is 4.90 Å². The Balaban J connectivity index is 1.30. The number of hydrogen-bond acceptors (Lipinski definition) is 3. The van der Waals surface area contributed by atoms with Gasteiger partial charge < -0.3 is 13.9 Å². The first-order valence-electron chi connectivity index (χ1n) is 17.5. The van der Waals surface area contributed by atoms with Gasteiger partial charge in [-0.25, -0.2) is 0 Å². The molecule has 0 aliphatic carbocycles. The summed E-state index contributed by atoms with van der Waals surface area (Å²) in [5.74, 6) is 0. The summed E-state index contributed by atoms with van der Waals surface area (Å²) in [4.78, 5) is 2.43. The predicted molar refractivity (Wildman–Crippen MR) is 223 cm³/mol. The van der Waals surface area contributed by atoms with Crippen LogP contribution in [0.25, 0.3) is 59.5 Å². The van der Waals surface area contributed by atoms with Crippen LogP contribution in [0.5, 0.6) is 0 Å². The molecule has 252 valence electrons. The van der Waals surface area contributed by atoms with Crippen LogP contribution in [0.15, 0.2) is 136 Å². The molecule has 0 saturated carbocycles. The standard InChI is InChI=1S/C46H39BrN2OS/c1-45(2,3)28-18-21-30(22-19-28)48(39-27-51-41-23-20-29(24-36(39)41)46(4,5)6)31-12-11-13-32(25-31)49-38-16-9-7-15-34(38)42-43(49)37(47)26-35-33-14-8-10-17-40(33)50-44(35)42/h7-27H,1-6H3. The van der Waals surface area contributed by atoms with Crippen LogP contribution >= 0.6 is 27.3 Å². The van der Waals surface area contributed by atoms with Gasteiger partial charge in [-0.2, -0.15) is 0 Å². The van der Waals surface area contributed by atoms with Gasteiger partial charge in [0, 0.05) is 53.2 Å². The number of halogens is 1. The number of furan rings is 1. The van der Waals surface area contributed by atoms with Crippen LogP contribution in [0, 0.1) is 0 Å². The first-order valence-corrected chi connectivity index (χ1v) is 19.2. The van der Waals surface area contributed by atoms with E-state index in [1.165, 1.54) is 26.9 Å². The highest BCUT2D eigenvalue weighted by Crippen LogP contribution is 2.47. The minimum atomic E-state index is 0.0433. The summed E-state index contributed by atoms with van der Waals surface area (Å²) in [6.07, 6.45) is 0. The minimum Gasteiger partial charge on any atom is -0.455 e. The van der Waals surface area contributed by atoms with E-state index >= 15 is 0 Å². The Morgan fingerprint density at radius 3 is 2.10 bits per heavy atom. The lowest BCUT2D eigenvalue weighted by molar-refractivity contribution is 0.590. The Labute approximate surface area is 310 Å². The third-order valence-electron chi connectivity index (χ3n) is 10.2. The zero-order valence-electron chi connectivity index (χ0n) is 29.7. The van der Waals surface area contributed by atoms with Crippen molar-refractivity contribution in [3.63, 3.8) is 0 Å². The van der Waals surface area contributed by atoms with E-state index in [1.54, 1.807) is 11.3 Å². The highest BCUT2D eigenvalue weighted by molar-refractivity contribution is 9.10. The Morgan fingerprint density at radius 1 is 0.627 bits per heavy atom. The maximum Gasteiger partial charge on any atom is 0.145 e. The molecular weight excluding hydrogens is 708 g/mol. The van der Waals surface area contributed by atoms with Gasteiger partial charge in [-0.05, 0) is 98.6 Å².